The molecule has 0 fully saturated rings. The molecule has 0 aliphatic heterocycles. The zero-order chi connectivity index (χ0) is 18.8. The van der Waals surface area contributed by atoms with Gasteiger partial charge in [0.05, 0.1) is 29.8 Å². The average molecular weight is 369 g/mol. The van der Waals surface area contributed by atoms with E-state index in [1.165, 1.54) is 0 Å². The molecule has 5 heteroatoms. The molecule has 0 atom stereocenters. The van der Waals surface area contributed by atoms with Gasteiger partial charge in [0.15, 0.2) is 0 Å². The topological polar surface area (TPSA) is 42.4 Å². The number of amides is 1. The van der Waals surface area contributed by atoms with Gasteiger partial charge in [0, 0.05) is 25.0 Å². The van der Waals surface area contributed by atoms with Gasteiger partial charge in [-0.3, -0.25) is 4.79 Å². The number of aromatic nitrogens is 1. The maximum Gasteiger partial charge on any atom is 0.226 e. The summed E-state index contributed by atoms with van der Waals surface area (Å²) in [5.41, 5.74) is 4.64. The van der Waals surface area contributed by atoms with E-state index < -0.39 is 0 Å². The summed E-state index contributed by atoms with van der Waals surface area (Å²) in [6.45, 7) is 2.04. The first-order chi connectivity index (χ1) is 12.4. The number of likely N-dealkylation sites (N-methyl/N-ethyl adjacent to an activating group) is 1. The highest BCUT2D eigenvalue weighted by Gasteiger charge is 2.11. The summed E-state index contributed by atoms with van der Waals surface area (Å²) in [5.74, 6) is 0.794. The monoisotopic (exact) mass is 368 g/mol. The van der Waals surface area contributed by atoms with Crippen LogP contribution >= 0.6 is 11.6 Å². The van der Waals surface area contributed by atoms with Crippen LogP contribution in [0.4, 0.5) is 0 Å². The molecule has 0 spiro atoms. The van der Waals surface area contributed by atoms with Crippen molar-refractivity contribution in [2.45, 2.75) is 13.3 Å². The van der Waals surface area contributed by atoms with Gasteiger partial charge < -0.3 is 9.64 Å². The highest BCUT2D eigenvalue weighted by atomic mass is 35.5. The van der Waals surface area contributed by atoms with Gasteiger partial charge in [0.25, 0.3) is 0 Å². The van der Waals surface area contributed by atoms with Gasteiger partial charge in [0.2, 0.25) is 5.91 Å². The van der Waals surface area contributed by atoms with Gasteiger partial charge in [-0.1, -0.05) is 17.7 Å². The van der Waals surface area contributed by atoms with Gasteiger partial charge in [-0.25, -0.2) is 4.98 Å². The molecule has 4 nitrogen and oxygen atoms in total. The molecule has 0 bridgehead atoms. The van der Waals surface area contributed by atoms with E-state index in [4.69, 9.17) is 21.3 Å². The van der Waals surface area contributed by atoms with Gasteiger partial charge in [0.1, 0.15) is 5.75 Å². The van der Waals surface area contributed by atoms with E-state index in [9.17, 15) is 4.79 Å². The number of nitrogens with zero attached hydrogens (tertiary/aromatic N) is 2. The molecule has 0 saturated carbocycles. The van der Waals surface area contributed by atoms with Crippen LogP contribution in [0.2, 0.25) is 5.02 Å². The minimum Gasteiger partial charge on any atom is -0.497 e. The van der Waals surface area contributed by atoms with Gasteiger partial charge in [-0.2, -0.15) is 0 Å². The number of rotatable bonds is 4. The Morgan fingerprint density at radius 2 is 1.92 bits per heavy atom. The van der Waals surface area contributed by atoms with E-state index in [2.05, 4.69) is 0 Å². The molecule has 0 saturated heterocycles. The van der Waals surface area contributed by atoms with E-state index in [0.29, 0.717) is 17.2 Å². The van der Waals surface area contributed by atoms with Crippen molar-refractivity contribution in [2.24, 2.45) is 0 Å². The Bertz CT molecular complexity index is 983. The van der Waals surface area contributed by atoms with E-state index in [1.54, 1.807) is 32.2 Å². The zero-order valence-corrected chi connectivity index (χ0v) is 16.1. The predicted octanol–water partition coefficient (Wildman–Crippen LogP) is 4.50. The normalized spacial score (nSPS) is 10.8. The number of carbonyl (C=O) groups excluding carboxylic acids is 1. The number of methoxy groups -OCH3 is 1. The fourth-order valence-electron chi connectivity index (χ4n) is 2.85. The highest BCUT2D eigenvalue weighted by molar-refractivity contribution is 6.33. The Morgan fingerprint density at radius 1 is 1.15 bits per heavy atom. The number of fused-ring (bicyclic) bond motifs is 1. The van der Waals surface area contributed by atoms with Crippen molar-refractivity contribution < 1.29 is 9.53 Å². The lowest BCUT2D eigenvalue weighted by molar-refractivity contribution is -0.127. The average Bonchev–Trinajstić information content (AvgIpc) is 2.61. The predicted molar refractivity (Wildman–Crippen MR) is 106 cm³/mol. The van der Waals surface area contributed by atoms with Gasteiger partial charge in [-0.15, -0.1) is 0 Å². The van der Waals surface area contributed by atoms with Crippen molar-refractivity contribution in [3.8, 4) is 17.0 Å². The van der Waals surface area contributed by atoms with Crippen LogP contribution in [0.25, 0.3) is 22.2 Å². The largest absolute Gasteiger partial charge is 0.497 e. The Morgan fingerprint density at radius 3 is 2.58 bits per heavy atom. The summed E-state index contributed by atoms with van der Waals surface area (Å²) in [7, 11) is 5.14. The third-order valence-corrected chi connectivity index (χ3v) is 4.70. The molecular formula is C21H21ClN2O2. The van der Waals surface area contributed by atoms with E-state index in [1.807, 2.05) is 43.3 Å². The maximum atomic E-state index is 11.9. The third-order valence-electron chi connectivity index (χ3n) is 4.39. The second kappa shape index (κ2) is 7.34. The molecule has 0 N–H and O–H groups in total. The highest BCUT2D eigenvalue weighted by Crippen LogP contribution is 2.32. The molecule has 1 aromatic heterocycles. The number of benzene rings is 2. The molecule has 0 aliphatic rings. The molecule has 26 heavy (non-hydrogen) atoms. The van der Waals surface area contributed by atoms with Crippen LogP contribution in [0.1, 0.15) is 11.1 Å². The number of pyridine rings is 1. The molecule has 1 heterocycles. The first-order valence-corrected chi connectivity index (χ1v) is 8.71. The first-order valence-electron chi connectivity index (χ1n) is 8.33. The SMILES string of the molecule is COc1ccc(-c2cc(C)c3cc(CC(=O)N(C)C)ccc3n2)c(Cl)c1. The molecule has 2 aromatic carbocycles. The molecular weight excluding hydrogens is 348 g/mol. The van der Waals surface area contributed by atoms with Crippen LogP contribution in [-0.4, -0.2) is 37.0 Å². The number of ether oxygens (including phenoxy) is 1. The third kappa shape index (κ3) is 3.65. The minimum absolute atomic E-state index is 0.0802. The van der Waals surface area contributed by atoms with Crippen molar-refractivity contribution in [1.82, 2.24) is 9.88 Å². The molecule has 134 valence electrons. The summed E-state index contributed by atoms with van der Waals surface area (Å²) < 4.78 is 5.21. The summed E-state index contributed by atoms with van der Waals surface area (Å²) in [4.78, 5) is 18.3. The second-order valence-corrected chi connectivity index (χ2v) is 6.89. The van der Waals surface area contributed by atoms with Crippen LogP contribution in [0.3, 0.4) is 0 Å². The van der Waals surface area contributed by atoms with E-state index >= 15 is 0 Å². The molecule has 3 aromatic rings. The van der Waals surface area contributed by atoms with Crippen molar-refractivity contribution in [3.63, 3.8) is 0 Å². The van der Waals surface area contributed by atoms with Gasteiger partial charge >= 0.3 is 0 Å². The number of aryl methyl sites for hydroxylation is 1. The van der Waals surface area contributed by atoms with Gasteiger partial charge in [-0.05, 0) is 54.4 Å². The number of carbonyl (C=O) groups is 1. The van der Waals surface area contributed by atoms with Crippen LogP contribution in [0.5, 0.6) is 5.75 Å². The minimum atomic E-state index is 0.0802. The smallest absolute Gasteiger partial charge is 0.226 e. The van der Waals surface area contributed by atoms with Crippen molar-refractivity contribution in [2.75, 3.05) is 21.2 Å². The molecule has 0 aliphatic carbocycles. The maximum absolute atomic E-state index is 11.9. The summed E-state index contributed by atoms with van der Waals surface area (Å²) in [5, 5.41) is 1.64. The second-order valence-electron chi connectivity index (χ2n) is 6.49. The summed E-state index contributed by atoms with van der Waals surface area (Å²) in [6.07, 6.45) is 0.383. The lowest BCUT2D eigenvalue weighted by Gasteiger charge is -2.12. The number of halogens is 1. The van der Waals surface area contributed by atoms with Crippen molar-refractivity contribution in [1.29, 1.82) is 0 Å². The molecule has 3 rings (SSSR count). The lowest BCUT2D eigenvalue weighted by Crippen LogP contribution is -2.23. The fourth-order valence-corrected chi connectivity index (χ4v) is 3.12. The van der Waals surface area contributed by atoms with Crippen molar-refractivity contribution >= 4 is 28.4 Å². The molecule has 1 amide bonds. The fraction of sp³-hybridized carbons (Fsp3) is 0.238. The Labute approximate surface area is 158 Å². The molecule has 0 radical (unpaired) electrons. The van der Waals surface area contributed by atoms with Crippen LogP contribution in [0, 0.1) is 6.92 Å². The Balaban J connectivity index is 2.02. The van der Waals surface area contributed by atoms with E-state index in [-0.39, 0.29) is 5.91 Å². The quantitative estimate of drug-likeness (QED) is 0.680. The Hall–Kier alpha value is -2.59. The summed E-state index contributed by atoms with van der Waals surface area (Å²) >= 11 is 6.40. The number of hydrogen-bond acceptors (Lipinski definition) is 3. The van der Waals surface area contributed by atoms with Crippen LogP contribution < -0.4 is 4.74 Å². The lowest BCUT2D eigenvalue weighted by atomic mass is 10.0. The summed E-state index contributed by atoms with van der Waals surface area (Å²) in [6, 6.07) is 13.6. The standard InChI is InChI=1S/C21H21ClN2O2/c1-13-9-20(16-7-6-15(26-4)12-18(16)22)23-19-8-5-14(10-17(13)19)11-21(25)24(2)3/h5-10,12H,11H2,1-4H3. The van der Waals surface area contributed by atoms with Crippen molar-refractivity contribution in [3.05, 3.63) is 58.6 Å². The first kappa shape index (κ1) is 18.2. The van der Waals surface area contributed by atoms with Crippen LogP contribution in [0.15, 0.2) is 42.5 Å². The Kier molecular flexibility index (Phi) is 5.14. The zero-order valence-electron chi connectivity index (χ0n) is 15.3. The number of hydrogen-bond donors (Lipinski definition) is 0. The van der Waals surface area contributed by atoms with E-state index in [0.717, 1.165) is 33.3 Å². The van der Waals surface area contributed by atoms with Crippen LogP contribution in [-0.2, 0) is 11.2 Å². The molecule has 0 unspecified atom stereocenters.